The van der Waals surface area contributed by atoms with Crippen molar-refractivity contribution >= 4 is 29.4 Å². The van der Waals surface area contributed by atoms with Gasteiger partial charge in [0.15, 0.2) is 6.10 Å². The minimum Gasteiger partial charge on any atom is -0.452 e. The van der Waals surface area contributed by atoms with Crippen LogP contribution in [0.1, 0.15) is 31.7 Å². The summed E-state index contributed by atoms with van der Waals surface area (Å²) in [6.07, 6.45) is 3.84. The molecule has 28 heavy (non-hydrogen) atoms. The summed E-state index contributed by atoms with van der Waals surface area (Å²) in [4.78, 5) is 50.2. The molecular formula is C21H24N2O5. The van der Waals surface area contributed by atoms with Crippen molar-refractivity contribution in [3.8, 4) is 0 Å². The molecule has 1 heterocycles. The smallest absolute Gasteiger partial charge is 0.308 e. The number of carbonyl (C=O) groups excluding carboxylic acids is 4. The number of hydrogen-bond donors (Lipinski definition) is 1. The molecule has 1 saturated heterocycles. The van der Waals surface area contributed by atoms with Crippen LogP contribution in [0.15, 0.2) is 36.4 Å². The second kappa shape index (κ2) is 8.37. The van der Waals surface area contributed by atoms with E-state index in [0.29, 0.717) is 18.5 Å². The Morgan fingerprint density at radius 3 is 2.43 bits per heavy atom. The Morgan fingerprint density at radius 2 is 1.82 bits per heavy atom. The minimum atomic E-state index is -0.982. The summed E-state index contributed by atoms with van der Waals surface area (Å²) in [5, 5.41) is 2.69. The first-order valence-corrected chi connectivity index (χ1v) is 9.44. The molecule has 0 saturated carbocycles. The van der Waals surface area contributed by atoms with Crippen LogP contribution in [-0.2, 0) is 23.9 Å². The van der Waals surface area contributed by atoms with Crippen molar-refractivity contribution in [2.45, 2.75) is 39.2 Å². The lowest BCUT2D eigenvalue weighted by molar-refractivity contribution is -0.154. The SMILES string of the molecule is Cc1cccc(NC(=O)[C@H](C)OC(=O)CCN2C(=O)[C@H]3CC=CC[C@H]3C2=O)c1. The fourth-order valence-corrected chi connectivity index (χ4v) is 3.57. The molecule has 7 heteroatoms. The third-order valence-electron chi connectivity index (χ3n) is 5.10. The normalized spacial score (nSPS) is 22.0. The third-order valence-corrected chi connectivity index (χ3v) is 5.10. The first-order valence-electron chi connectivity index (χ1n) is 9.44. The maximum Gasteiger partial charge on any atom is 0.308 e. The molecule has 0 unspecified atom stereocenters. The Balaban J connectivity index is 1.48. The zero-order chi connectivity index (χ0) is 20.3. The summed E-state index contributed by atoms with van der Waals surface area (Å²) in [5.41, 5.74) is 1.62. The number of allylic oxidation sites excluding steroid dienone is 2. The quantitative estimate of drug-likeness (QED) is 0.461. The van der Waals surface area contributed by atoms with Gasteiger partial charge in [0.1, 0.15) is 0 Å². The maximum atomic E-state index is 12.4. The van der Waals surface area contributed by atoms with Crippen molar-refractivity contribution in [3.05, 3.63) is 42.0 Å². The van der Waals surface area contributed by atoms with Crippen molar-refractivity contribution in [2.75, 3.05) is 11.9 Å². The molecule has 1 aromatic carbocycles. The molecule has 1 N–H and O–H groups in total. The van der Waals surface area contributed by atoms with Gasteiger partial charge in [0.2, 0.25) is 11.8 Å². The fraction of sp³-hybridized carbons (Fsp3) is 0.429. The Hall–Kier alpha value is -2.96. The van der Waals surface area contributed by atoms with Gasteiger partial charge < -0.3 is 10.1 Å². The van der Waals surface area contributed by atoms with Gasteiger partial charge in [-0.1, -0.05) is 24.3 Å². The molecule has 0 spiro atoms. The zero-order valence-electron chi connectivity index (χ0n) is 16.0. The number of likely N-dealkylation sites (tertiary alicyclic amines) is 1. The van der Waals surface area contributed by atoms with E-state index in [0.717, 1.165) is 10.5 Å². The van der Waals surface area contributed by atoms with Crippen LogP contribution in [0.3, 0.4) is 0 Å². The van der Waals surface area contributed by atoms with Crippen LogP contribution < -0.4 is 5.32 Å². The molecule has 0 aromatic heterocycles. The summed E-state index contributed by atoms with van der Waals surface area (Å²) in [6, 6.07) is 7.29. The number of aryl methyl sites for hydroxylation is 1. The van der Waals surface area contributed by atoms with Crippen LogP contribution in [0.4, 0.5) is 5.69 Å². The first-order chi connectivity index (χ1) is 13.4. The van der Waals surface area contributed by atoms with E-state index in [1.807, 2.05) is 37.3 Å². The summed E-state index contributed by atoms with van der Waals surface area (Å²) < 4.78 is 5.15. The average Bonchev–Trinajstić information content (AvgIpc) is 2.91. The molecule has 1 aliphatic heterocycles. The monoisotopic (exact) mass is 384 g/mol. The third kappa shape index (κ3) is 4.30. The van der Waals surface area contributed by atoms with E-state index in [9.17, 15) is 19.2 Å². The fourth-order valence-electron chi connectivity index (χ4n) is 3.57. The average molecular weight is 384 g/mol. The highest BCUT2D eigenvalue weighted by molar-refractivity contribution is 6.05. The standard InChI is InChI=1S/C21H24N2O5/c1-13-6-5-7-15(12-13)22-19(25)14(2)28-18(24)10-11-23-20(26)16-8-3-4-9-17(16)21(23)27/h3-7,12,14,16-17H,8-11H2,1-2H3,(H,22,25)/t14-,16-,17+/m0/s1. The van der Waals surface area contributed by atoms with Crippen LogP contribution in [0, 0.1) is 18.8 Å². The molecule has 3 rings (SSSR count). The van der Waals surface area contributed by atoms with Crippen molar-refractivity contribution in [1.29, 1.82) is 0 Å². The predicted octanol–water partition coefficient (Wildman–Crippen LogP) is 2.21. The molecule has 3 atom stereocenters. The largest absolute Gasteiger partial charge is 0.452 e. The number of ether oxygens (including phenoxy) is 1. The Bertz CT molecular complexity index is 806. The highest BCUT2D eigenvalue weighted by atomic mass is 16.5. The van der Waals surface area contributed by atoms with Gasteiger partial charge in [-0.15, -0.1) is 0 Å². The predicted molar refractivity (Wildman–Crippen MR) is 102 cm³/mol. The highest BCUT2D eigenvalue weighted by Crippen LogP contribution is 2.35. The van der Waals surface area contributed by atoms with Gasteiger partial charge >= 0.3 is 5.97 Å². The number of rotatable bonds is 6. The minimum absolute atomic E-state index is 0.0181. The van der Waals surface area contributed by atoms with Crippen molar-refractivity contribution < 1.29 is 23.9 Å². The van der Waals surface area contributed by atoms with Crippen LogP contribution in [-0.4, -0.2) is 41.2 Å². The van der Waals surface area contributed by atoms with Crippen LogP contribution in [0.5, 0.6) is 0 Å². The van der Waals surface area contributed by atoms with E-state index in [4.69, 9.17) is 4.74 Å². The summed E-state index contributed by atoms with van der Waals surface area (Å²) in [6.45, 7) is 3.37. The number of amides is 3. The van der Waals surface area contributed by atoms with Gasteiger partial charge in [-0.25, -0.2) is 0 Å². The molecule has 0 bridgehead atoms. The molecule has 3 amide bonds. The van der Waals surface area contributed by atoms with Crippen molar-refractivity contribution in [2.24, 2.45) is 11.8 Å². The number of nitrogens with zero attached hydrogens (tertiary/aromatic N) is 1. The lowest BCUT2D eigenvalue weighted by atomic mass is 9.85. The zero-order valence-corrected chi connectivity index (χ0v) is 16.0. The topological polar surface area (TPSA) is 92.8 Å². The number of fused-ring (bicyclic) bond motifs is 1. The van der Waals surface area contributed by atoms with Gasteiger partial charge in [-0.3, -0.25) is 24.1 Å². The van der Waals surface area contributed by atoms with E-state index >= 15 is 0 Å². The number of esters is 1. The maximum absolute atomic E-state index is 12.4. The van der Waals surface area contributed by atoms with E-state index in [2.05, 4.69) is 5.32 Å². The Labute approximate surface area is 163 Å². The van der Waals surface area contributed by atoms with Gasteiger partial charge in [-0.2, -0.15) is 0 Å². The van der Waals surface area contributed by atoms with E-state index in [1.165, 1.54) is 6.92 Å². The Morgan fingerprint density at radius 1 is 1.18 bits per heavy atom. The van der Waals surface area contributed by atoms with E-state index in [1.54, 1.807) is 6.07 Å². The molecule has 1 aliphatic carbocycles. The number of benzene rings is 1. The molecule has 2 aliphatic rings. The highest BCUT2D eigenvalue weighted by Gasteiger charge is 2.47. The Kier molecular flexibility index (Phi) is 5.92. The number of hydrogen-bond acceptors (Lipinski definition) is 5. The number of nitrogens with one attached hydrogen (secondary N) is 1. The molecule has 0 radical (unpaired) electrons. The molecule has 148 valence electrons. The second-order valence-corrected chi connectivity index (χ2v) is 7.22. The van der Waals surface area contributed by atoms with Gasteiger partial charge in [0, 0.05) is 12.2 Å². The summed E-state index contributed by atoms with van der Waals surface area (Å²) in [5.74, 6) is -2.14. The van der Waals surface area contributed by atoms with Crippen molar-refractivity contribution in [3.63, 3.8) is 0 Å². The molecule has 1 aromatic rings. The molecule has 1 fully saturated rings. The number of carbonyl (C=O) groups is 4. The number of imide groups is 1. The lowest BCUT2D eigenvalue weighted by Gasteiger charge is -2.16. The number of anilines is 1. The second-order valence-electron chi connectivity index (χ2n) is 7.22. The van der Waals surface area contributed by atoms with Crippen LogP contribution in [0.2, 0.25) is 0 Å². The van der Waals surface area contributed by atoms with Crippen LogP contribution in [0.25, 0.3) is 0 Å². The lowest BCUT2D eigenvalue weighted by Crippen LogP contribution is -2.35. The molecular weight excluding hydrogens is 360 g/mol. The van der Waals surface area contributed by atoms with E-state index < -0.39 is 18.0 Å². The van der Waals surface area contributed by atoms with Crippen LogP contribution >= 0.6 is 0 Å². The van der Waals surface area contributed by atoms with Gasteiger partial charge in [0.05, 0.1) is 18.3 Å². The first kappa shape index (κ1) is 19.8. The summed E-state index contributed by atoms with van der Waals surface area (Å²) in [7, 11) is 0. The van der Waals surface area contributed by atoms with Gasteiger partial charge in [0.25, 0.3) is 5.91 Å². The van der Waals surface area contributed by atoms with E-state index in [-0.39, 0.29) is 36.6 Å². The summed E-state index contributed by atoms with van der Waals surface area (Å²) >= 11 is 0. The molecule has 7 nitrogen and oxygen atoms in total. The van der Waals surface area contributed by atoms with Gasteiger partial charge in [-0.05, 0) is 44.4 Å². The van der Waals surface area contributed by atoms with Crippen molar-refractivity contribution in [1.82, 2.24) is 4.90 Å².